The molecule has 0 bridgehead atoms. The molecule has 0 fully saturated rings. The Kier molecular flexibility index (Phi) is 14.6. The highest BCUT2D eigenvalue weighted by atomic mass is 16.7. The Labute approximate surface area is 129 Å². The molecule has 0 atom stereocenters. The van der Waals surface area contributed by atoms with Crippen molar-refractivity contribution < 1.29 is 19.1 Å². The van der Waals surface area contributed by atoms with Crippen molar-refractivity contribution in [2.45, 2.75) is 90.9 Å². The van der Waals surface area contributed by atoms with E-state index in [2.05, 4.69) is 13.8 Å². The van der Waals surface area contributed by atoms with Crippen LogP contribution in [0.25, 0.3) is 0 Å². The number of carbonyl (C=O) groups excluding carboxylic acids is 2. The third kappa shape index (κ3) is 15.2. The topological polar surface area (TPSA) is 52.6 Å². The molecule has 21 heavy (non-hydrogen) atoms. The Hall–Kier alpha value is -1.06. The molecule has 0 spiro atoms. The maximum absolute atomic E-state index is 11.4. The van der Waals surface area contributed by atoms with E-state index in [0.29, 0.717) is 12.8 Å². The summed E-state index contributed by atoms with van der Waals surface area (Å²) in [6.45, 7) is 4.08. The molecule has 0 aliphatic carbocycles. The van der Waals surface area contributed by atoms with Crippen molar-refractivity contribution in [3.8, 4) is 0 Å². The zero-order chi connectivity index (χ0) is 15.8. The van der Waals surface area contributed by atoms with Gasteiger partial charge in [0.05, 0.1) is 0 Å². The number of hydrogen-bond donors (Lipinski definition) is 0. The van der Waals surface area contributed by atoms with E-state index in [1.54, 1.807) is 0 Å². The first-order valence-electron chi connectivity index (χ1n) is 8.52. The van der Waals surface area contributed by atoms with Crippen LogP contribution in [-0.4, -0.2) is 18.7 Å². The largest absolute Gasteiger partial charge is 0.428 e. The lowest BCUT2D eigenvalue weighted by atomic mass is 10.1. The molecule has 0 radical (unpaired) electrons. The first kappa shape index (κ1) is 19.9. The van der Waals surface area contributed by atoms with E-state index < -0.39 is 0 Å². The lowest BCUT2D eigenvalue weighted by Crippen LogP contribution is -2.12. The smallest absolute Gasteiger partial charge is 0.308 e. The maximum atomic E-state index is 11.4. The summed E-state index contributed by atoms with van der Waals surface area (Å²) in [7, 11) is 0. The van der Waals surface area contributed by atoms with Gasteiger partial charge in [0, 0.05) is 12.8 Å². The van der Waals surface area contributed by atoms with Gasteiger partial charge in [-0.25, -0.2) is 0 Å². The fraction of sp³-hybridized carbons (Fsp3) is 0.882. The van der Waals surface area contributed by atoms with Crippen molar-refractivity contribution >= 4 is 11.9 Å². The number of carbonyl (C=O) groups is 2. The minimum Gasteiger partial charge on any atom is -0.428 e. The van der Waals surface area contributed by atoms with Crippen molar-refractivity contribution in [2.24, 2.45) is 0 Å². The molecule has 0 aromatic heterocycles. The van der Waals surface area contributed by atoms with E-state index in [1.807, 2.05) is 0 Å². The van der Waals surface area contributed by atoms with Gasteiger partial charge in [0.25, 0.3) is 0 Å². The number of unbranched alkanes of at least 4 members (excludes halogenated alkanes) is 8. The second-order valence-electron chi connectivity index (χ2n) is 5.48. The molecule has 0 saturated carbocycles. The van der Waals surface area contributed by atoms with Gasteiger partial charge in [-0.05, 0) is 12.8 Å². The average molecular weight is 300 g/mol. The van der Waals surface area contributed by atoms with Crippen molar-refractivity contribution in [1.82, 2.24) is 0 Å². The summed E-state index contributed by atoms with van der Waals surface area (Å²) in [5.41, 5.74) is 0. The van der Waals surface area contributed by atoms with Gasteiger partial charge in [-0.1, -0.05) is 65.2 Å². The summed E-state index contributed by atoms with van der Waals surface area (Å²) in [6, 6.07) is 0. The predicted molar refractivity (Wildman–Crippen MR) is 83.8 cm³/mol. The van der Waals surface area contributed by atoms with Crippen LogP contribution in [0.1, 0.15) is 90.9 Å². The summed E-state index contributed by atoms with van der Waals surface area (Å²) >= 11 is 0. The van der Waals surface area contributed by atoms with Gasteiger partial charge in [-0.15, -0.1) is 0 Å². The van der Waals surface area contributed by atoms with Gasteiger partial charge in [-0.2, -0.15) is 0 Å². The molecule has 0 aliphatic heterocycles. The summed E-state index contributed by atoms with van der Waals surface area (Å²) < 4.78 is 9.76. The first-order chi connectivity index (χ1) is 10.2. The minimum atomic E-state index is -0.276. The summed E-state index contributed by atoms with van der Waals surface area (Å²) in [5.74, 6) is -0.551. The van der Waals surface area contributed by atoms with Crippen LogP contribution in [0.5, 0.6) is 0 Å². The van der Waals surface area contributed by atoms with Crippen LogP contribution in [0.2, 0.25) is 0 Å². The molecule has 0 heterocycles. The molecule has 4 heteroatoms. The van der Waals surface area contributed by atoms with E-state index in [9.17, 15) is 9.59 Å². The van der Waals surface area contributed by atoms with Crippen LogP contribution in [0.4, 0.5) is 0 Å². The van der Waals surface area contributed by atoms with Crippen LogP contribution in [0.15, 0.2) is 0 Å². The minimum absolute atomic E-state index is 0.235. The predicted octanol–water partition coefficient (Wildman–Crippen LogP) is 4.75. The van der Waals surface area contributed by atoms with E-state index in [4.69, 9.17) is 9.47 Å². The molecule has 0 N–H and O–H groups in total. The third-order valence-corrected chi connectivity index (χ3v) is 3.41. The number of ether oxygens (including phenoxy) is 2. The highest BCUT2D eigenvalue weighted by Crippen LogP contribution is 2.07. The quantitative estimate of drug-likeness (QED) is 0.264. The van der Waals surface area contributed by atoms with Gasteiger partial charge in [0.1, 0.15) is 0 Å². The second kappa shape index (κ2) is 15.3. The Morgan fingerprint density at radius 2 is 1.00 bits per heavy atom. The van der Waals surface area contributed by atoms with Gasteiger partial charge < -0.3 is 9.47 Å². The Balaban J connectivity index is 3.34. The fourth-order valence-corrected chi connectivity index (χ4v) is 2.05. The molecule has 0 aromatic carbocycles. The Morgan fingerprint density at radius 3 is 1.38 bits per heavy atom. The fourth-order valence-electron chi connectivity index (χ4n) is 2.05. The SMILES string of the molecule is CCCCCCCC(=O)OCOC(=O)CCCCCCC. The van der Waals surface area contributed by atoms with Crippen molar-refractivity contribution in [1.29, 1.82) is 0 Å². The Bertz CT molecular complexity index is 238. The molecule has 0 amide bonds. The molecular weight excluding hydrogens is 268 g/mol. The lowest BCUT2D eigenvalue weighted by molar-refractivity contribution is -0.167. The van der Waals surface area contributed by atoms with Crippen molar-refractivity contribution in [3.63, 3.8) is 0 Å². The van der Waals surface area contributed by atoms with Gasteiger partial charge in [-0.3, -0.25) is 9.59 Å². The van der Waals surface area contributed by atoms with Gasteiger partial charge in [0.2, 0.25) is 6.79 Å². The van der Waals surface area contributed by atoms with Gasteiger partial charge >= 0.3 is 11.9 Å². The molecule has 0 unspecified atom stereocenters. The van der Waals surface area contributed by atoms with Crippen LogP contribution in [-0.2, 0) is 19.1 Å². The van der Waals surface area contributed by atoms with Crippen LogP contribution >= 0.6 is 0 Å². The number of esters is 2. The highest BCUT2D eigenvalue weighted by molar-refractivity contribution is 5.70. The zero-order valence-electron chi connectivity index (χ0n) is 13.8. The summed E-state index contributed by atoms with van der Waals surface area (Å²) in [6.07, 6.45) is 11.8. The summed E-state index contributed by atoms with van der Waals surface area (Å²) in [5, 5.41) is 0. The molecule has 0 aromatic rings. The van der Waals surface area contributed by atoms with Crippen LogP contribution in [0, 0.1) is 0 Å². The monoisotopic (exact) mass is 300 g/mol. The number of hydrogen-bond acceptors (Lipinski definition) is 4. The normalized spacial score (nSPS) is 10.4. The van der Waals surface area contributed by atoms with Crippen molar-refractivity contribution in [3.05, 3.63) is 0 Å². The molecular formula is C17H32O4. The molecule has 124 valence electrons. The van der Waals surface area contributed by atoms with Crippen LogP contribution < -0.4 is 0 Å². The second-order valence-corrected chi connectivity index (χ2v) is 5.48. The number of rotatable bonds is 14. The lowest BCUT2D eigenvalue weighted by Gasteiger charge is -2.06. The molecule has 0 rings (SSSR count). The standard InChI is InChI=1S/C17H32O4/c1-3-5-7-9-11-13-16(18)20-15-21-17(19)14-12-10-8-6-4-2/h3-15H2,1-2H3. The highest BCUT2D eigenvalue weighted by Gasteiger charge is 2.06. The van der Waals surface area contributed by atoms with E-state index in [0.717, 1.165) is 38.5 Å². The van der Waals surface area contributed by atoms with Crippen LogP contribution in [0.3, 0.4) is 0 Å². The molecule has 0 aliphatic rings. The third-order valence-electron chi connectivity index (χ3n) is 3.41. The van der Waals surface area contributed by atoms with Crippen molar-refractivity contribution in [2.75, 3.05) is 6.79 Å². The molecule has 0 saturated heterocycles. The van der Waals surface area contributed by atoms with Gasteiger partial charge in [0.15, 0.2) is 0 Å². The Morgan fingerprint density at radius 1 is 0.619 bits per heavy atom. The maximum Gasteiger partial charge on any atom is 0.308 e. The van der Waals surface area contributed by atoms with E-state index in [1.165, 1.54) is 25.7 Å². The summed E-state index contributed by atoms with van der Waals surface area (Å²) in [4.78, 5) is 22.8. The molecule has 4 nitrogen and oxygen atoms in total. The first-order valence-corrected chi connectivity index (χ1v) is 8.52. The van der Waals surface area contributed by atoms with E-state index >= 15 is 0 Å². The van der Waals surface area contributed by atoms with E-state index in [-0.39, 0.29) is 18.7 Å². The average Bonchev–Trinajstić information content (AvgIpc) is 2.47. The zero-order valence-corrected chi connectivity index (χ0v) is 13.8.